The van der Waals surface area contributed by atoms with Crippen molar-refractivity contribution in [2.24, 2.45) is 0 Å². The molecule has 1 aliphatic heterocycles. The van der Waals surface area contributed by atoms with Crippen LogP contribution in [0.2, 0.25) is 0 Å². The molecule has 3 heterocycles. The SMILES string of the molecule is CNc1nc(CN2CCS(=O)CC2)nc2sccc12. The lowest BCUT2D eigenvalue weighted by Gasteiger charge is -2.25. The molecule has 2 aromatic rings. The lowest BCUT2D eigenvalue weighted by molar-refractivity contribution is 0.284. The molecule has 0 aliphatic carbocycles. The minimum absolute atomic E-state index is 0.633. The van der Waals surface area contributed by atoms with Gasteiger partial charge in [-0.05, 0) is 11.4 Å². The van der Waals surface area contributed by atoms with Crippen LogP contribution in [0.3, 0.4) is 0 Å². The zero-order valence-electron chi connectivity index (χ0n) is 10.8. The number of fused-ring (bicyclic) bond motifs is 1. The summed E-state index contributed by atoms with van der Waals surface area (Å²) in [6, 6.07) is 2.04. The molecule has 2 aromatic heterocycles. The Morgan fingerprint density at radius 3 is 2.95 bits per heavy atom. The summed E-state index contributed by atoms with van der Waals surface area (Å²) in [5.41, 5.74) is 0. The van der Waals surface area contributed by atoms with Crippen molar-refractivity contribution in [3.05, 3.63) is 17.3 Å². The molecule has 1 saturated heterocycles. The van der Waals surface area contributed by atoms with Gasteiger partial charge in [-0.3, -0.25) is 9.11 Å². The van der Waals surface area contributed by atoms with Crippen molar-refractivity contribution in [3.8, 4) is 0 Å². The van der Waals surface area contributed by atoms with Gasteiger partial charge in [-0.2, -0.15) is 0 Å². The summed E-state index contributed by atoms with van der Waals surface area (Å²) in [6.07, 6.45) is 0. The highest BCUT2D eigenvalue weighted by atomic mass is 32.2. The van der Waals surface area contributed by atoms with Crippen LogP contribution in [0, 0.1) is 0 Å². The summed E-state index contributed by atoms with van der Waals surface area (Å²) in [5, 5.41) is 6.24. The van der Waals surface area contributed by atoms with Crippen molar-refractivity contribution in [1.82, 2.24) is 14.9 Å². The average molecular weight is 296 g/mol. The topological polar surface area (TPSA) is 58.1 Å². The second-order valence-corrected chi connectivity index (χ2v) is 7.09. The average Bonchev–Trinajstić information content (AvgIpc) is 2.89. The lowest BCUT2D eigenvalue weighted by Crippen LogP contribution is -2.37. The number of hydrogen-bond donors (Lipinski definition) is 1. The molecular weight excluding hydrogens is 280 g/mol. The first-order valence-corrected chi connectivity index (χ1v) is 8.62. The number of anilines is 1. The van der Waals surface area contributed by atoms with Gasteiger partial charge in [-0.25, -0.2) is 9.97 Å². The number of rotatable bonds is 3. The Labute approximate surface area is 118 Å². The maximum Gasteiger partial charge on any atom is 0.146 e. The minimum Gasteiger partial charge on any atom is -0.372 e. The molecule has 1 aliphatic rings. The monoisotopic (exact) mass is 296 g/mol. The second kappa shape index (κ2) is 5.52. The van der Waals surface area contributed by atoms with Crippen LogP contribution in [0.5, 0.6) is 0 Å². The molecule has 19 heavy (non-hydrogen) atoms. The Kier molecular flexibility index (Phi) is 3.76. The zero-order chi connectivity index (χ0) is 13.2. The van der Waals surface area contributed by atoms with E-state index in [1.54, 1.807) is 11.3 Å². The first-order chi connectivity index (χ1) is 9.26. The van der Waals surface area contributed by atoms with Crippen molar-refractivity contribution in [3.63, 3.8) is 0 Å². The van der Waals surface area contributed by atoms with Crippen LogP contribution < -0.4 is 5.32 Å². The first-order valence-electron chi connectivity index (χ1n) is 6.25. The van der Waals surface area contributed by atoms with Gasteiger partial charge in [0.25, 0.3) is 0 Å². The maximum absolute atomic E-state index is 11.3. The van der Waals surface area contributed by atoms with E-state index in [-0.39, 0.29) is 0 Å². The van der Waals surface area contributed by atoms with Gasteiger partial charge >= 0.3 is 0 Å². The Balaban J connectivity index is 1.82. The summed E-state index contributed by atoms with van der Waals surface area (Å²) in [5.74, 6) is 3.26. The molecule has 7 heteroatoms. The van der Waals surface area contributed by atoms with Crippen molar-refractivity contribution in [2.45, 2.75) is 6.54 Å². The number of nitrogens with one attached hydrogen (secondary N) is 1. The van der Waals surface area contributed by atoms with Crippen LogP contribution in [0.1, 0.15) is 5.82 Å². The highest BCUT2D eigenvalue weighted by Crippen LogP contribution is 2.25. The summed E-state index contributed by atoms with van der Waals surface area (Å²) >= 11 is 1.64. The summed E-state index contributed by atoms with van der Waals surface area (Å²) in [6.45, 7) is 2.47. The van der Waals surface area contributed by atoms with Gasteiger partial charge in [-0.1, -0.05) is 0 Å². The highest BCUT2D eigenvalue weighted by molar-refractivity contribution is 7.85. The van der Waals surface area contributed by atoms with E-state index < -0.39 is 10.8 Å². The quantitative estimate of drug-likeness (QED) is 0.925. The molecule has 0 bridgehead atoms. The largest absolute Gasteiger partial charge is 0.372 e. The third-order valence-corrected chi connectivity index (χ3v) is 5.33. The van der Waals surface area contributed by atoms with Gasteiger partial charge in [0.2, 0.25) is 0 Å². The molecule has 0 atom stereocenters. The van der Waals surface area contributed by atoms with Gasteiger partial charge in [-0.15, -0.1) is 11.3 Å². The molecule has 5 nitrogen and oxygen atoms in total. The van der Waals surface area contributed by atoms with E-state index >= 15 is 0 Å². The van der Waals surface area contributed by atoms with E-state index in [0.717, 1.165) is 53.0 Å². The number of nitrogens with zero attached hydrogens (tertiary/aromatic N) is 3. The van der Waals surface area contributed by atoms with Crippen molar-refractivity contribution < 1.29 is 4.21 Å². The molecule has 0 aromatic carbocycles. The smallest absolute Gasteiger partial charge is 0.146 e. The summed E-state index contributed by atoms with van der Waals surface area (Å²) < 4.78 is 11.3. The van der Waals surface area contributed by atoms with Gasteiger partial charge in [0.15, 0.2) is 0 Å². The van der Waals surface area contributed by atoms with E-state index in [9.17, 15) is 4.21 Å². The Morgan fingerprint density at radius 1 is 1.42 bits per heavy atom. The van der Waals surface area contributed by atoms with E-state index in [0.29, 0.717) is 0 Å². The Hall–Kier alpha value is -1.05. The number of thiophene rings is 1. The van der Waals surface area contributed by atoms with Gasteiger partial charge < -0.3 is 5.32 Å². The maximum atomic E-state index is 11.3. The van der Waals surface area contributed by atoms with Gasteiger partial charge in [0.1, 0.15) is 16.5 Å². The van der Waals surface area contributed by atoms with E-state index in [4.69, 9.17) is 0 Å². The summed E-state index contributed by atoms with van der Waals surface area (Å²) in [4.78, 5) is 12.5. The third kappa shape index (κ3) is 2.77. The summed E-state index contributed by atoms with van der Waals surface area (Å²) in [7, 11) is 1.25. The fraction of sp³-hybridized carbons (Fsp3) is 0.500. The molecule has 0 radical (unpaired) electrons. The predicted molar refractivity (Wildman–Crippen MR) is 80.1 cm³/mol. The predicted octanol–water partition coefficient (Wildman–Crippen LogP) is 1.30. The molecule has 0 saturated carbocycles. The normalized spacial score (nSPS) is 17.9. The van der Waals surface area contributed by atoms with Crippen LogP contribution in [0.15, 0.2) is 11.4 Å². The third-order valence-electron chi connectivity index (χ3n) is 3.24. The standard InChI is InChI=1S/C12H16N4OS2/c1-13-11-9-2-5-18-12(9)15-10(14-11)8-16-3-6-19(17)7-4-16/h2,5H,3-4,6-8H2,1H3,(H,13,14,15). The molecule has 1 N–H and O–H groups in total. The Morgan fingerprint density at radius 2 is 2.21 bits per heavy atom. The molecule has 102 valence electrons. The molecule has 0 amide bonds. The van der Waals surface area contributed by atoms with E-state index in [2.05, 4.69) is 20.2 Å². The zero-order valence-corrected chi connectivity index (χ0v) is 12.4. The van der Waals surface area contributed by atoms with Gasteiger partial charge in [0.05, 0.1) is 11.9 Å². The van der Waals surface area contributed by atoms with Crippen LogP contribution in [-0.4, -0.2) is 50.7 Å². The van der Waals surface area contributed by atoms with Crippen molar-refractivity contribution in [1.29, 1.82) is 0 Å². The minimum atomic E-state index is -0.633. The molecular formula is C12H16N4OS2. The van der Waals surface area contributed by atoms with E-state index in [1.165, 1.54) is 0 Å². The molecule has 1 fully saturated rings. The number of aromatic nitrogens is 2. The fourth-order valence-electron chi connectivity index (χ4n) is 2.19. The van der Waals surface area contributed by atoms with Crippen LogP contribution >= 0.6 is 11.3 Å². The second-order valence-electron chi connectivity index (χ2n) is 4.50. The van der Waals surface area contributed by atoms with Gasteiger partial charge in [0, 0.05) is 42.4 Å². The van der Waals surface area contributed by atoms with Crippen molar-refractivity contribution in [2.75, 3.05) is 37.0 Å². The van der Waals surface area contributed by atoms with Crippen LogP contribution in [0.4, 0.5) is 5.82 Å². The van der Waals surface area contributed by atoms with Crippen LogP contribution in [-0.2, 0) is 17.3 Å². The highest BCUT2D eigenvalue weighted by Gasteiger charge is 2.17. The van der Waals surface area contributed by atoms with E-state index in [1.807, 2.05) is 18.5 Å². The molecule has 0 unspecified atom stereocenters. The first kappa shape index (κ1) is 13.0. The fourth-order valence-corrected chi connectivity index (χ4v) is 4.11. The molecule has 3 rings (SSSR count). The van der Waals surface area contributed by atoms with Crippen LogP contribution in [0.25, 0.3) is 10.2 Å². The Bertz CT molecular complexity index is 603. The van der Waals surface area contributed by atoms with Crippen molar-refractivity contribution >= 4 is 38.2 Å². The lowest BCUT2D eigenvalue weighted by atomic mass is 10.3. The number of hydrogen-bond acceptors (Lipinski definition) is 6. The molecule has 0 spiro atoms.